The van der Waals surface area contributed by atoms with Crippen LogP contribution in [0.3, 0.4) is 0 Å². The van der Waals surface area contributed by atoms with E-state index in [-0.39, 0.29) is 33.2 Å². The highest BCUT2D eigenvalue weighted by Crippen LogP contribution is 2.36. The molecule has 2 heterocycles. The lowest BCUT2D eigenvalue weighted by Gasteiger charge is -2.28. The topological polar surface area (TPSA) is 176 Å². The van der Waals surface area contributed by atoms with Crippen molar-refractivity contribution in [3.05, 3.63) is 83.0 Å². The molecule has 0 atom stereocenters. The first-order chi connectivity index (χ1) is 22.9. The average molecular weight is 809 g/mol. The predicted octanol–water partition coefficient (Wildman–Crippen LogP) is 9.13. The molecule has 0 aliphatic heterocycles. The van der Waals surface area contributed by atoms with E-state index in [0.29, 0.717) is 28.7 Å². The van der Waals surface area contributed by atoms with Crippen LogP contribution in [0, 0.1) is 32.1 Å². The summed E-state index contributed by atoms with van der Waals surface area (Å²) in [5, 5.41) is 26.9. The van der Waals surface area contributed by atoms with Crippen molar-refractivity contribution in [1.29, 1.82) is 0 Å². The van der Waals surface area contributed by atoms with Crippen molar-refractivity contribution in [2.75, 3.05) is 12.4 Å². The lowest BCUT2D eigenvalue weighted by molar-refractivity contribution is -0.384. The molecule has 2 aliphatic rings. The van der Waals surface area contributed by atoms with Crippen molar-refractivity contribution in [2.45, 2.75) is 70.4 Å². The maximum Gasteiger partial charge on any atom is 0.311 e. The minimum absolute atomic E-state index is 0.0456. The zero-order valence-corrected chi connectivity index (χ0v) is 30.5. The van der Waals surface area contributed by atoms with Crippen molar-refractivity contribution in [2.24, 2.45) is 17.6 Å². The minimum Gasteiger partial charge on any atom is -0.469 e. The molecule has 2 aromatic heterocycles. The van der Waals surface area contributed by atoms with E-state index >= 15 is 0 Å². The van der Waals surface area contributed by atoms with Gasteiger partial charge in [-0.25, -0.2) is 9.97 Å². The monoisotopic (exact) mass is 806 g/mol. The summed E-state index contributed by atoms with van der Waals surface area (Å²) >= 11 is 12.6. The Balaban J connectivity index is 0.000000174. The van der Waals surface area contributed by atoms with Crippen LogP contribution in [0.1, 0.15) is 58.3 Å². The zero-order chi connectivity index (χ0) is 35.0. The van der Waals surface area contributed by atoms with Crippen LogP contribution in [0.2, 0.25) is 5.02 Å². The number of aromatic nitrogens is 2. The number of anilines is 1. The van der Waals surface area contributed by atoms with E-state index in [1.807, 2.05) is 18.2 Å². The number of pyridine rings is 2. The summed E-state index contributed by atoms with van der Waals surface area (Å²) in [7, 11) is 1.44. The normalized spacial score (nSPS) is 20.5. The number of hydrogen-bond acceptors (Lipinski definition) is 10. The number of carbonyl (C=O) groups excluding carboxylic acids is 1. The SMILES string of the molecule is CC1CCC(Nc2c([N+](=O)[O-])cnc3ccc(Br)cc23)CC1.COC(=O)C1CCC(N)CC1.O=[N+]([O-])c1cnc2ccc(Br)cc2c1Cl. The van der Waals surface area contributed by atoms with Gasteiger partial charge in [0.1, 0.15) is 23.1 Å². The summed E-state index contributed by atoms with van der Waals surface area (Å²) < 4.78 is 6.34. The van der Waals surface area contributed by atoms with Crippen LogP contribution in [0.4, 0.5) is 17.1 Å². The molecule has 0 radical (unpaired) electrons. The summed E-state index contributed by atoms with van der Waals surface area (Å²) in [5.74, 6) is 0.785. The number of methoxy groups -OCH3 is 1. The molecular formula is C33H37Br2ClN6O6. The van der Waals surface area contributed by atoms with Crippen LogP contribution in [0.15, 0.2) is 57.7 Å². The van der Waals surface area contributed by atoms with Crippen molar-refractivity contribution < 1.29 is 19.4 Å². The van der Waals surface area contributed by atoms with Crippen molar-refractivity contribution in [1.82, 2.24) is 9.97 Å². The number of nitrogens with zero attached hydrogens (tertiary/aromatic N) is 4. The molecule has 0 spiro atoms. The first-order valence-electron chi connectivity index (χ1n) is 15.6. The molecule has 0 saturated heterocycles. The molecular weight excluding hydrogens is 772 g/mol. The van der Waals surface area contributed by atoms with E-state index in [2.05, 4.69) is 58.8 Å². The summed E-state index contributed by atoms with van der Waals surface area (Å²) in [6.45, 7) is 2.26. The van der Waals surface area contributed by atoms with Gasteiger partial charge in [-0.05, 0) is 93.7 Å². The zero-order valence-electron chi connectivity index (χ0n) is 26.5. The van der Waals surface area contributed by atoms with Crippen LogP contribution in [-0.4, -0.2) is 45.0 Å². The molecule has 48 heavy (non-hydrogen) atoms. The number of nitro groups is 2. The fraction of sp³-hybridized carbons (Fsp3) is 0.424. The molecule has 4 aromatic rings. The molecule has 2 fully saturated rings. The van der Waals surface area contributed by atoms with Crippen LogP contribution >= 0.6 is 43.5 Å². The van der Waals surface area contributed by atoms with Gasteiger partial charge in [0, 0.05) is 31.8 Å². The molecule has 256 valence electrons. The van der Waals surface area contributed by atoms with E-state index in [0.717, 1.165) is 77.1 Å². The van der Waals surface area contributed by atoms with E-state index in [1.165, 1.54) is 19.5 Å². The number of halogens is 3. The number of ether oxygens (including phenoxy) is 1. The maximum absolute atomic E-state index is 11.4. The van der Waals surface area contributed by atoms with Gasteiger partial charge in [0.2, 0.25) is 0 Å². The number of carbonyl (C=O) groups is 1. The van der Waals surface area contributed by atoms with Gasteiger partial charge >= 0.3 is 17.3 Å². The van der Waals surface area contributed by atoms with Crippen LogP contribution in [0.5, 0.6) is 0 Å². The van der Waals surface area contributed by atoms with Gasteiger partial charge < -0.3 is 15.8 Å². The molecule has 2 saturated carbocycles. The second kappa shape index (κ2) is 17.3. The Morgan fingerprint density at radius 2 is 1.40 bits per heavy atom. The predicted molar refractivity (Wildman–Crippen MR) is 194 cm³/mol. The van der Waals surface area contributed by atoms with Gasteiger partial charge in [0.15, 0.2) is 0 Å². The Morgan fingerprint density at radius 3 is 1.94 bits per heavy atom. The van der Waals surface area contributed by atoms with Crippen molar-refractivity contribution >= 4 is 88.3 Å². The van der Waals surface area contributed by atoms with Gasteiger partial charge in [-0.2, -0.15) is 0 Å². The van der Waals surface area contributed by atoms with Crippen molar-refractivity contribution in [3.8, 4) is 0 Å². The third-order valence-electron chi connectivity index (χ3n) is 8.62. The molecule has 15 heteroatoms. The Kier molecular flexibility index (Phi) is 13.4. The average Bonchev–Trinajstić information content (AvgIpc) is 3.06. The third kappa shape index (κ3) is 9.80. The number of esters is 1. The summed E-state index contributed by atoms with van der Waals surface area (Å²) in [5.41, 5.74) is 7.54. The number of fused-ring (bicyclic) bond motifs is 2. The number of hydrogen-bond donors (Lipinski definition) is 2. The Morgan fingerprint density at radius 1 is 0.875 bits per heavy atom. The van der Waals surface area contributed by atoms with Crippen LogP contribution < -0.4 is 11.1 Å². The minimum atomic E-state index is -0.546. The molecule has 0 amide bonds. The first-order valence-corrected chi connectivity index (χ1v) is 17.5. The molecule has 3 N–H and O–H groups in total. The van der Waals surface area contributed by atoms with Gasteiger partial charge in [0.25, 0.3) is 0 Å². The first kappa shape index (κ1) is 37.4. The standard InChI is InChI=1S/C16H18BrN3O2.C9H4BrClN2O2.C8H15NO2/c1-10-2-5-12(6-3-10)19-16-13-8-11(17)4-7-14(13)18-9-15(16)20(21)22;10-5-1-2-7-6(3-5)9(11)8(4-12-7)13(14)15;1-11-8(10)6-2-4-7(9)5-3-6/h4,7-10,12H,2-3,5-6H2,1H3,(H,18,19);1-4H;6-7H,2-5,9H2,1H3. The van der Waals surface area contributed by atoms with E-state index in [4.69, 9.17) is 17.3 Å². The second-order valence-electron chi connectivity index (χ2n) is 12.0. The van der Waals surface area contributed by atoms with Gasteiger partial charge in [0.05, 0.1) is 33.9 Å². The quantitative estimate of drug-likeness (QED) is 0.112. The van der Waals surface area contributed by atoms with Gasteiger partial charge in [-0.1, -0.05) is 50.4 Å². The number of rotatable bonds is 5. The lowest BCUT2D eigenvalue weighted by Crippen LogP contribution is -2.30. The van der Waals surface area contributed by atoms with Crippen LogP contribution in [0.25, 0.3) is 21.8 Å². The van der Waals surface area contributed by atoms with Crippen molar-refractivity contribution in [3.63, 3.8) is 0 Å². The Hall–Kier alpha value is -3.46. The number of nitrogens with two attached hydrogens (primary N) is 1. The van der Waals surface area contributed by atoms with E-state index in [1.54, 1.807) is 18.2 Å². The smallest absolute Gasteiger partial charge is 0.311 e. The third-order valence-corrected chi connectivity index (χ3v) is 10.0. The highest BCUT2D eigenvalue weighted by atomic mass is 79.9. The molecule has 6 rings (SSSR count). The Labute approximate surface area is 299 Å². The molecule has 0 unspecified atom stereocenters. The Bertz CT molecular complexity index is 1780. The fourth-order valence-corrected chi connectivity index (χ4v) is 6.82. The summed E-state index contributed by atoms with van der Waals surface area (Å²) in [6.07, 6.45) is 10.7. The highest BCUT2D eigenvalue weighted by molar-refractivity contribution is 9.10. The number of benzene rings is 2. The van der Waals surface area contributed by atoms with Crippen LogP contribution in [-0.2, 0) is 9.53 Å². The fourth-order valence-electron chi connectivity index (χ4n) is 5.82. The second-order valence-corrected chi connectivity index (χ2v) is 14.3. The van der Waals surface area contributed by atoms with E-state index < -0.39 is 4.92 Å². The largest absolute Gasteiger partial charge is 0.469 e. The molecule has 12 nitrogen and oxygen atoms in total. The molecule has 2 aliphatic carbocycles. The number of nitrogens with one attached hydrogen (secondary N) is 1. The summed E-state index contributed by atoms with van der Waals surface area (Å²) in [6, 6.07) is 11.5. The highest BCUT2D eigenvalue weighted by Gasteiger charge is 2.25. The van der Waals surface area contributed by atoms with E-state index in [9.17, 15) is 25.0 Å². The maximum atomic E-state index is 11.4. The van der Waals surface area contributed by atoms with Gasteiger partial charge in [-0.15, -0.1) is 0 Å². The lowest BCUT2D eigenvalue weighted by atomic mass is 9.87. The summed E-state index contributed by atoms with van der Waals surface area (Å²) in [4.78, 5) is 40.2. The molecule has 2 aromatic carbocycles. The molecule has 0 bridgehead atoms. The van der Waals surface area contributed by atoms with Gasteiger partial charge in [-0.3, -0.25) is 25.0 Å².